The van der Waals surface area contributed by atoms with Crippen molar-refractivity contribution in [3.8, 4) is 5.75 Å². The van der Waals surface area contributed by atoms with E-state index in [1.165, 1.54) is 13.2 Å². The monoisotopic (exact) mass is 374 g/mol. The van der Waals surface area contributed by atoms with E-state index < -0.39 is 31.8 Å². The van der Waals surface area contributed by atoms with Crippen LogP contribution in [0.3, 0.4) is 0 Å². The zero-order valence-electron chi connectivity index (χ0n) is 12.9. The van der Waals surface area contributed by atoms with Crippen LogP contribution in [-0.2, 0) is 16.4 Å². The molecule has 0 saturated heterocycles. The number of methoxy groups -OCH3 is 1. The van der Waals surface area contributed by atoms with Crippen LogP contribution in [-0.4, -0.2) is 31.9 Å². The lowest BCUT2D eigenvalue weighted by atomic mass is 10.2. The van der Waals surface area contributed by atoms with Crippen LogP contribution in [0.15, 0.2) is 47.6 Å². The van der Waals surface area contributed by atoms with E-state index in [0.29, 0.717) is 11.3 Å². The third kappa shape index (κ3) is 3.90. The highest BCUT2D eigenvalue weighted by Crippen LogP contribution is 2.30. The standard InChI is InChI=1S/C15H13F3N2O4S/c1-24-12-7-3-2-5-10(12)9-20-13(21)11-6-4-8-19-14(11)25(22,23)15(16,17)18/h2-8H,9H2,1H3,(H,20,21). The maximum Gasteiger partial charge on any atom is 0.503 e. The van der Waals surface area contributed by atoms with Crippen LogP contribution < -0.4 is 10.1 Å². The molecule has 1 N–H and O–H groups in total. The number of sulfone groups is 1. The van der Waals surface area contributed by atoms with Gasteiger partial charge in [-0.25, -0.2) is 13.4 Å². The van der Waals surface area contributed by atoms with Crippen LogP contribution >= 0.6 is 0 Å². The number of alkyl halides is 3. The van der Waals surface area contributed by atoms with Crippen LogP contribution in [0.5, 0.6) is 5.75 Å². The Labute approximate surface area is 141 Å². The van der Waals surface area contributed by atoms with Gasteiger partial charge in [0, 0.05) is 18.3 Å². The van der Waals surface area contributed by atoms with E-state index in [1.54, 1.807) is 24.3 Å². The van der Waals surface area contributed by atoms with Crippen molar-refractivity contribution in [2.45, 2.75) is 17.1 Å². The molecule has 2 aromatic rings. The predicted octanol–water partition coefficient (Wildman–Crippen LogP) is 2.31. The van der Waals surface area contributed by atoms with E-state index in [1.807, 2.05) is 0 Å². The smallest absolute Gasteiger partial charge is 0.496 e. The van der Waals surface area contributed by atoms with Gasteiger partial charge in [-0.15, -0.1) is 0 Å². The van der Waals surface area contributed by atoms with Crippen molar-refractivity contribution in [1.82, 2.24) is 10.3 Å². The molecule has 0 unspecified atom stereocenters. The summed E-state index contributed by atoms with van der Waals surface area (Å²) >= 11 is 0. The lowest BCUT2D eigenvalue weighted by molar-refractivity contribution is -0.0438. The quantitative estimate of drug-likeness (QED) is 0.868. The third-order valence-corrected chi connectivity index (χ3v) is 4.65. The fourth-order valence-electron chi connectivity index (χ4n) is 2.01. The van der Waals surface area contributed by atoms with Gasteiger partial charge in [0.25, 0.3) is 15.7 Å². The van der Waals surface area contributed by atoms with E-state index in [9.17, 15) is 26.4 Å². The summed E-state index contributed by atoms with van der Waals surface area (Å²) in [5.41, 5.74) is -5.67. The Morgan fingerprint density at radius 2 is 1.88 bits per heavy atom. The van der Waals surface area contributed by atoms with Crippen molar-refractivity contribution in [2.24, 2.45) is 0 Å². The SMILES string of the molecule is COc1ccccc1CNC(=O)c1cccnc1S(=O)(=O)C(F)(F)F. The minimum absolute atomic E-state index is 0.0662. The number of amides is 1. The number of ether oxygens (including phenoxy) is 1. The normalized spacial score (nSPS) is 11.8. The number of benzene rings is 1. The molecule has 0 radical (unpaired) electrons. The largest absolute Gasteiger partial charge is 0.503 e. The molecular weight excluding hydrogens is 361 g/mol. The first-order valence-corrected chi connectivity index (χ1v) is 8.33. The summed E-state index contributed by atoms with van der Waals surface area (Å²) in [7, 11) is -4.32. The second kappa shape index (κ2) is 7.09. The summed E-state index contributed by atoms with van der Waals surface area (Å²) in [5, 5.41) is 1.03. The van der Waals surface area contributed by atoms with E-state index in [0.717, 1.165) is 12.3 Å². The van der Waals surface area contributed by atoms with Crippen LogP contribution in [0.4, 0.5) is 13.2 Å². The number of carbonyl (C=O) groups is 1. The Kier molecular flexibility index (Phi) is 5.31. The number of para-hydroxylation sites is 1. The molecule has 2 rings (SSSR count). The van der Waals surface area contributed by atoms with Crippen molar-refractivity contribution in [3.05, 3.63) is 53.7 Å². The molecular formula is C15H13F3N2O4S. The molecule has 1 aromatic heterocycles. The van der Waals surface area contributed by atoms with Crippen LogP contribution in [0.1, 0.15) is 15.9 Å². The van der Waals surface area contributed by atoms with Crippen molar-refractivity contribution in [3.63, 3.8) is 0 Å². The first-order chi connectivity index (χ1) is 11.7. The molecule has 0 aliphatic carbocycles. The zero-order valence-corrected chi connectivity index (χ0v) is 13.7. The number of pyridine rings is 1. The van der Waals surface area contributed by atoms with Crippen molar-refractivity contribution >= 4 is 15.7 Å². The summed E-state index contributed by atoms with van der Waals surface area (Å²) in [4.78, 5) is 15.4. The number of nitrogens with one attached hydrogen (secondary N) is 1. The molecule has 25 heavy (non-hydrogen) atoms. The number of hydrogen-bond acceptors (Lipinski definition) is 5. The molecule has 134 valence electrons. The highest BCUT2D eigenvalue weighted by Gasteiger charge is 2.49. The molecule has 1 heterocycles. The molecule has 10 heteroatoms. The fraction of sp³-hybridized carbons (Fsp3) is 0.200. The molecule has 0 aliphatic heterocycles. The topological polar surface area (TPSA) is 85.4 Å². The van der Waals surface area contributed by atoms with Gasteiger partial charge >= 0.3 is 5.51 Å². The average molecular weight is 374 g/mol. The van der Waals surface area contributed by atoms with Gasteiger partial charge in [-0.1, -0.05) is 18.2 Å². The molecule has 1 amide bonds. The lowest BCUT2D eigenvalue weighted by Gasteiger charge is -2.12. The molecule has 0 fully saturated rings. The fourth-order valence-corrected chi connectivity index (χ4v) is 2.88. The number of nitrogens with zero attached hydrogens (tertiary/aromatic N) is 1. The van der Waals surface area contributed by atoms with Gasteiger partial charge in [0.1, 0.15) is 5.75 Å². The second-order valence-electron chi connectivity index (χ2n) is 4.80. The maximum atomic E-state index is 12.7. The van der Waals surface area contributed by atoms with Gasteiger partial charge in [-0.3, -0.25) is 4.79 Å². The summed E-state index contributed by atoms with van der Waals surface area (Å²) in [6.07, 6.45) is 0.871. The van der Waals surface area contributed by atoms with E-state index in [2.05, 4.69) is 10.3 Å². The predicted molar refractivity (Wildman–Crippen MR) is 81.6 cm³/mol. The van der Waals surface area contributed by atoms with Crippen molar-refractivity contribution in [2.75, 3.05) is 7.11 Å². The van der Waals surface area contributed by atoms with Gasteiger partial charge in [-0.05, 0) is 18.2 Å². The third-order valence-electron chi connectivity index (χ3n) is 3.21. The number of rotatable bonds is 5. The van der Waals surface area contributed by atoms with Crippen LogP contribution in [0.25, 0.3) is 0 Å². The summed E-state index contributed by atoms with van der Waals surface area (Å²) < 4.78 is 66.4. The summed E-state index contributed by atoms with van der Waals surface area (Å²) in [6.45, 7) is -0.0662. The molecule has 6 nitrogen and oxygen atoms in total. The van der Waals surface area contributed by atoms with Gasteiger partial charge < -0.3 is 10.1 Å². The number of carbonyl (C=O) groups excluding carboxylic acids is 1. The Bertz CT molecular complexity index is 882. The van der Waals surface area contributed by atoms with Crippen LogP contribution in [0.2, 0.25) is 0 Å². The number of hydrogen-bond donors (Lipinski definition) is 1. The highest BCUT2D eigenvalue weighted by molar-refractivity contribution is 7.92. The minimum atomic E-state index is -5.74. The number of halogens is 3. The Hall–Kier alpha value is -2.62. The van der Waals surface area contributed by atoms with Gasteiger partial charge in [0.2, 0.25) is 0 Å². The van der Waals surface area contributed by atoms with E-state index in [-0.39, 0.29) is 6.54 Å². The Morgan fingerprint density at radius 1 is 1.20 bits per heavy atom. The van der Waals surface area contributed by atoms with Crippen LogP contribution in [0, 0.1) is 0 Å². The Balaban J connectivity index is 2.30. The molecule has 0 atom stereocenters. The highest BCUT2D eigenvalue weighted by atomic mass is 32.2. The average Bonchev–Trinajstić information content (AvgIpc) is 2.58. The molecule has 0 saturated carbocycles. The minimum Gasteiger partial charge on any atom is -0.496 e. The van der Waals surface area contributed by atoms with Gasteiger partial charge in [0.15, 0.2) is 5.03 Å². The zero-order chi connectivity index (χ0) is 18.7. The molecule has 0 spiro atoms. The van der Waals surface area contributed by atoms with E-state index in [4.69, 9.17) is 4.74 Å². The first kappa shape index (κ1) is 18.7. The van der Waals surface area contributed by atoms with E-state index >= 15 is 0 Å². The number of aromatic nitrogens is 1. The Morgan fingerprint density at radius 3 is 2.52 bits per heavy atom. The first-order valence-electron chi connectivity index (χ1n) is 6.85. The maximum absolute atomic E-state index is 12.7. The molecule has 0 bridgehead atoms. The molecule has 1 aromatic carbocycles. The van der Waals surface area contributed by atoms with Gasteiger partial charge in [-0.2, -0.15) is 13.2 Å². The van der Waals surface area contributed by atoms with Gasteiger partial charge in [0.05, 0.1) is 12.7 Å². The van der Waals surface area contributed by atoms with Crippen molar-refractivity contribution < 1.29 is 31.1 Å². The van der Waals surface area contributed by atoms with Crippen molar-refractivity contribution in [1.29, 1.82) is 0 Å². The molecule has 0 aliphatic rings. The summed E-state index contributed by atoms with van der Waals surface area (Å²) in [6, 6.07) is 8.82. The second-order valence-corrected chi connectivity index (χ2v) is 6.66. The summed E-state index contributed by atoms with van der Waals surface area (Å²) in [5.74, 6) is -0.529. The lowest BCUT2D eigenvalue weighted by Crippen LogP contribution is -2.30.